The molecule has 21 heavy (non-hydrogen) atoms. The van der Waals surface area contributed by atoms with Crippen molar-refractivity contribution in [1.29, 1.82) is 0 Å². The van der Waals surface area contributed by atoms with Crippen LogP contribution in [0.4, 0.5) is 8.78 Å². The minimum absolute atomic E-state index is 0.105. The number of methoxy groups -OCH3 is 1. The van der Waals surface area contributed by atoms with E-state index in [0.29, 0.717) is 16.9 Å². The first kappa shape index (κ1) is 15.3. The molecule has 0 aromatic heterocycles. The first-order chi connectivity index (χ1) is 10.0. The standard InChI is InChI=1S/C16H17F2NO2/c1-10(14-6-5-13(21-2)8-16(14)20)19-9-11-3-4-12(17)7-15(11)18/h3-8,10,19-20H,9H2,1-2H3. The summed E-state index contributed by atoms with van der Waals surface area (Å²) in [5, 5.41) is 13.0. The van der Waals surface area contributed by atoms with Gasteiger partial charge in [-0.2, -0.15) is 0 Å². The third-order valence-electron chi connectivity index (χ3n) is 3.32. The van der Waals surface area contributed by atoms with Crippen LogP contribution in [0.25, 0.3) is 0 Å². The van der Waals surface area contributed by atoms with E-state index in [1.54, 1.807) is 12.1 Å². The lowest BCUT2D eigenvalue weighted by Gasteiger charge is -2.16. The number of halogens is 2. The van der Waals surface area contributed by atoms with Crippen LogP contribution in [0.1, 0.15) is 24.1 Å². The number of hydrogen-bond donors (Lipinski definition) is 2. The molecular formula is C16H17F2NO2. The molecule has 0 aliphatic rings. The van der Waals surface area contributed by atoms with Crippen molar-refractivity contribution in [2.45, 2.75) is 19.5 Å². The predicted octanol–water partition coefficient (Wildman–Crippen LogP) is 3.53. The summed E-state index contributed by atoms with van der Waals surface area (Å²) in [5.74, 6) is -0.521. The highest BCUT2D eigenvalue weighted by atomic mass is 19.1. The second-order valence-electron chi connectivity index (χ2n) is 4.76. The van der Waals surface area contributed by atoms with Gasteiger partial charge in [-0.25, -0.2) is 8.78 Å². The van der Waals surface area contributed by atoms with E-state index in [1.165, 1.54) is 25.3 Å². The Kier molecular flexibility index (Phi) is 4.75. The molecule has 2 aromatic carbocycles. The van der Waals surface area contributed by atoms with Crippen molar-refractivity contribution in [3.05, 3.63) is 59.2 Å². The van der Waals surface area contributed by atoms with Gasteiger partial charge in [-0.15, -0.1) is 0 Å². The van der Waals surface area contributed by atoms with Gasteiger partial charge in [-0.05, 0) is 19.1 Å². The van der Waals surface area contributed by atoms with E-state index in [2.05, 4.69) is 5.32 Å². The second kappa shape index (κ2) is 6.54. The highest BCUT2D eigenvalue weighted by Crippen LogP contribution is 2.28. The molecule has 112 valence electrons. The Hall–Kier alpha value is -2.14. The summed E-state index contributed by atoms with van der Waals surface area (Å²) >= 11 is 0. The monoisotopic (exact) mass is 293 g/mol. The molecule has 0 radical (unpaired) electrons. The van der Waals surface area contributed by atoms with Gasteiger partial charge in [0.05, 0.1) is 7.11 Å². The van der Waals surface area contributed by atoms with Crippen molar-refractivity contribution >= 4 is 0 Å². The molecule has 1 unspecified atom stereocenters. The number of rotatable bonds is 5. The Morgan fingerprint density at radius 2 is 1.95 bits per heavy atom. The van der Waals surface area contributed by atoms with Gasteiger partial charge in [0.2, 0.25) is 0 Å². The van der Waals surface area contributed by atoms with E-state index in [4.69, 9.17) is 4.74 Å². The highest BCUT2D eigenvalue weighted by Gasteiger charge is 2.12. The lowest BCUT2D eigenvalue weighted by atomic mass is 10.1. The van der Waals surface area contributed by atoms with Crippen LogP contribution in [0.5, 0.6) is 11.5 Å². The van der Waals surface area contributed by atoms with Gasteiger partial charge in [0.1, 0.15) is 23.1 Å². The summed E-state index contributed by atoms with van der Waals surface area (Å²) in [6.07, 6.45) is 0. The number of ether oxygens (including phenoxy) is 1. The molecule has 0 saturated carbocycles. The van der Waals surface area contributed by atoms with Crippen molar-refractivity contribution in [3.8, 4) is 11.5 Å². The first-order valence-corrected chi connectivity index (χ1v) is 6.55. The number of phenolic OH excluding ortho intramolecular Hbond substituents is 1. The molecule has 0 bridgehead atoms. The third kappa shape index (κ3) is 3.70. The van der Waals surface area contributed by atoms with Crippen LogP contribution in [0.2, 0.25) is 0 Å². The van der Waals surface area contributed by atoms with Crippen LogP contribution < -0.4 is 10.1 Å². The van der Waals surface area contributed by atoms with Crippen LogP contribution in [-0.2, 0) is 6.54 Å². The van der Waals surface area contributed by atoms with Gasteiger partial charge in [-0.1, -0.05) is 12.1 Å². The topological polar surface area (TPSA) is 41.5 Å². The van der Waals surface area contributed by atoms with E-state index in [9.17, 15) is 13.9 Å². The Morgan fingerprint density at radius 1 is 1.19 bits per heavy atom. The average Bonchev–Trinajstić information content (AvgIpc) is 2.45. The highest BCUT2D eigenvalue weighted by molar-refractivity contribution is 5.41. The van der Waals surface area contributed by atoms with Crippen LogP contribution >= 0.6 is 0 Å². The number of benzene rings is 2. The van der Waals surface area contributed by atoms with Crippen LogP contribution in [-0.4, -0.2) is 12.2 Å². The van der Waals surface area contributed by atoms with Crippen molar-refractivity contribution in [2.24, 2.45) is 0 Å². The smallest absolute Gasteiger partial charge is 0.130 e. The molecule has 0 fully saturated rings. The lowest BCUT2D eigenvalue weighted by Crippen LogP contribution is -2.19. The van der Waals surface area contributed by atoms with E-state index < -0.39 is 11.6 Å². The molecule has 5 heteroatoms. The van der Waals surface area contributed by atoms with Crippen molar-refractivity contribution in [2.75, 3.05) is 7.11 Å². The Bertz CT molecular complexity index is 632. The maximum absolute atomic E-state index is 13.5. The first-order valence-electron chi connectivity index (χ1n) is 6.55. The second-order valence-corrected chi connectivity index (χ2v) is 4.76. The normalized spacial score (nSPS) is 12.2. The molecular weight excluding hydrogens is 276 g/mol. The predicted molar refractivity (Wildman–Crippen MR) is 76.3 cm³/mol. The zero-order chi connectivity index (χ0) is 15.4. The summed E-state index contributed by atoms with van der Waals surface area (Å²) in [6, 6.07) is 8.28. The zero-order valence-corrected chi connectivity index (χ0v) is 11.9. The molecule has 1 atom stereocenters. The molecule has 0 aliphatic heterocycles. The van der Waals surface area contributed by atoms with Crippen molar-refractivity contribution in [3.63, 3.8) is 0 Å². The van der Waals surface area contributed by atoms with Crippen molar-refractivity contribution < 1.29 is 18.6 Å². The van der Waals surface area contributed by atoms with E-state index in [1.807, 2.05) is 6.92 Å². The summed E-state index contributed by atoms with van der Waals surface area (Å²) in [6.45, 7) is 2.09. The SMILES string of the molecule is COc1ccc(C(C)NCc2ccc(F)cc2F)c(O)c1. The van der Waals surface area contributed by atoms with Crippen LogP contribution in [0, 0.1) is 11.6 Å². The molecule has 3 nitrogen and oxygen atoms in total. The molecule has 2 aromatic rings. The fourth-order valence-corrected chi connectivity index (χ4v) is 2.05. The van der Waals surface area contributed by atoms with E-state index in [0.717, 1.165) is 6.07 Å². The number of phenols is 1. The Morgan fingerprint density at radius 3 is 2.57 bits per heavy atom. The van der Waals surface area contributed by atoms with Crippen LogP contribution in [0.15, 0.2) is 36.4 Å². The minimum atomic E-state index is -0.600. The summed E-state index contributed by atoms with van der Waals surface area (Å²) < 4.78 is 31.4. The maximum Gasteiger partial charge on any atom is 0.130 e. The van der Waals surface area contributed by atoms with Crippen molar-refractivity contribution in [1.82, 2.24) is 5.32 Å². The molecule has 0 heterocycles. The van der Waals surface area contributed by atoms with E-state index >= 15 is 0 Å². The van der Waals surface area contributed by atoms with Gasteiger partial charge in [-0.3, -0.25) is 0 Å². The molecule has 0 saturated heterocycles. The molecule has 0 spiro atoms. The summed E-state index contributed by atoms with van der Waals surface area (Å²) in [7, 11) is 1.52. The Balaban J connectivity index is 2.06. The number of hydrogen-bond acceptors (Lipinski definition) is 3. The molecule has 0 aliphatic carbocycles. The fraction of sp³-hybridized carbons (Fsp3) is 0.250. The minimum Gasteiger partial charge on any atom is -0.507 e. The summed E-state index contributed by atoms with van der Waals surface area (Å²) in [4.78, 5) is 0. The molecule has 2 rings (SSSR count). The Labute approximate surface area is 122 Å². The lowest BCUT2D eigenvalue weighted by molar-refractivity contribution is 0.403. The maximum atomic E-state index is 13.5. The van der Waals surface area contributed by atoms with Gasteiger partial charge in [0.25, 0.3) is 0 Å². The quantitative estimate of drug-likeness (QED) is 0.886. The van der Waals surface area contributed by atoms with Gasteiger partial charge >= 0.3 is 0 Å². The zero-order valence-electron chi connectivity index (χ0n) is 11.9. The largest absolute Gasteiger partial charge is 0.507 e. The van der Waals surface area contributed by atoms with E-state index in [-0.39, 0.29) is 18.3 Å². The van der Waals surface area contributed by atoms with Gasteiger partial charge in [0.15, 0.2) is 0 Å². The van der Waals surface area contributed by atoms with Crippen LogP contribution in [0.3, 0.4) is 0 Å². The summed E-state index contributed by atoms with van der Waals surface area (Å²) in [5.41, 5.74) is 1.05. The number of aromatic hydroxyl groups is 1. The van der Waals surface area contributed by atoms with Gasteiger partial charge in [0, 0.05) is 35.8 Å². The fourth-order valence-electron chi connectivity index (χ4n) is 2.05. The average molecular weight is 293 g/mol. The molecule has 0 amide bonds. The van der Waals surface area contributed by atoms with Gasteiger partial charge < -0.3 is 15.2 Å². The molecule has 2 N–H and O–H groups in total. The number of nitrogens with one attached hydrogen (secondary N) is 1. The third-order valence-corrected chi connectivity index (χ3v) is 3.32.